The fraction of sp³-hybridized carbons (Fsp3) is 0.222. The maximum absolute atomic E-state index is 14.1. The molecule has 0 aliphatic rings. The average Bonchev–Trinajstić information content (AvgIpc) is 3.20. The largest absolute Gasteiger partial charge is 0.490 e. The first-order valence-electron chi connectivity index (χ1n) is 8.36. The van der Waals surface area contributed by atoms with Gasteiger partial charge in [-0.2, -0.15) is 0 Å². The van der Waals surface area contributed by atoms with Gasteiger partial charge < -0.3 is 14.8 Å². The Balaban J connectivity index is 1.85. The van der Waals surface area contributed by atoms with Crippen molar-refractivity contribution < 1.29 is 18.7 Å². The molecule has 0 atom stereocenters. The van der Waals surface area contributed by atoms with Gasteiger partial charge in [0, 0.05) is 5.56 Å². The number of ether oxygens (including phenoxy) is 2. The van der Waals surface area contributed by atoms with E-state index in [1.807, 2.05) is 13.8 Å². The van der Waals surface area contributed by atoms with E-state index in [-0.39, 0.29) is 5.69 Å². The number of benzene rings is 2. The van der Waals surface area contributed by atoms with E-state index in [0.29, 0.717) is 36.0 Å². The normalized spacial score (nSPS) is 10.5. The lowest BCUT2D eigenvalue weighted by Gasteiger charge is -2.13. The molecular formula is C18H18FN5O3. The molecule has 0 fully saturated rings. The number of nitrogens with one attached hydrogen (secondary N) is 1. The van der Waals surface area contributed by atoms with Crippen LogP contribution in [0.25, 0.3) is 5.69 Å². The average molecular weight is 371 g/mol. The van der Waals surface area contributed by atoms with Crippen molar-refractivity contribution in [3.05, 3.63) is 54.1 Å². The lowest BCUT2D eigenvalue weighted by molar-refractivity contribution is 0.102. The molecule has 0 spiro atoms. The predicted octanol–water partition coefficient (Wildman–Crippen LogP) is 2.85. The van der Waals surface area contributed by atoms with E-state index >= 15 is 0 Å². The number of tetrazole rings is 1. The number of aromatic nitrogens is 4. The summed E-state index contributed by atoms with van der Waals surface area (Å²) in [5.74, 6) is -0.0550. The zero-order chi connectivity index (χ0) is 19.2. The van der Waals surface area contributed by atoms with Crippen LogP contribution in [0.1, 0.15) is 24.2 Å². The summed E-state index contributed by atoms with van der Waals surface area (Å²) < 4.78 is 26.5. The second-order valence-corrected chi connectivity index (χ2v) is 5.40. The maximum Gasteiger partial charge on any atom is 0.255 e. The first-order chi connectivity index (χ1) is 13.1. The van der Waals surface area contributed by atoms with Crippen LogP contribution in [0.5, 0.6) is 11.5 Å². The molecule has 0 aliphatic heterocycles. The fourth-order valence-corrected chi connectivity index (χ4v) is 2.42. The Morgan fingerprint density at radius 3 is 2.59 bits per heavy atom. The SMILES string of the molecule is CCOc1ccc(C(=O)Nc2cc(-n3cnnn3)ccc2F)cc1OCC. The molecule has 1 aromatic heterocycles. The molecular weight excluding hydrogens is 353 g/mol. The van der Waals surface area contributed by atoms with E-state index in [1.54, 1.807) is 18.2 Å². The third-order valence-corrected chi connectivity index (χ3v) is 3.62. The van der Waals surface area contributed by atoms with Gasteiger partial charge in [-0.3, -0.25) is 4.79 Å². The minimum Gasteiger partial charge on any atom is -0.490 e. The first-order valence-corrected chi connectivity index (χ1v) is 8.36. The zero-order valence-corrected chi connectivity index (χ0v) is 14.8. The standard InChI is InChI=1S/C18H18FN5O3/c1-3-26-16-8-5-12(9-17(16)27-4-2)18(25)21-15-10-13(6-7-14(15)19)24-11-20-22-23-24/h5-11H,3-4H2,1-2H3,(H,21,25). The van der Waals surface area contributed by atoms with Gasteiger partial charge in [0.15, 0.2) is 11.5 Å². The summed E-state index contributed by atoms with van der Waals surface area (Å²) >= 11 is 0. The summed E-state index contributed by atoms with van der Waals surface area (Å²) in [6.07, 6.45) is 1.37. The third kappa shape index (κ3) is 4.20. The van der Waals surface area contributed by atoms with E-state index in [4.69, 9.17) is 9.47 Å². The molecule has 9 heteroatoms. The third-order valence-electron chi connectivity index (χ3n) is 3.62. The van der Waals surface area contributed by atoms with Crippen molar-refractivity contribution in [3.63, 3.8) is 0 Å². The number of hydrogen-bond acceptors (Lipinski definition) is 6. The number of halogens is 1. The van der Waals surface area contributed by atoms with Crippen molar-refractivity contribution in [2.24, 2.45) is 0 Å². The highest BCUT2D eigenvalue weighted by atomic mass is 19.1. The fourth-order valence-electron chi connectivity index (χ4n) is 2.42. The zero-order valence-electron chi connectivity index (χ0n) is 14.8. The van der Waals surface area contributed by atoms with Crippen molar-refractivity contribution in [2.45, 2.75) is 13.8 Å². The van der Waals surface area contributed by atoms with Crippen molar-refractivity contribution in [1.29, 1.82) is 0 Å². The van der Waals surface area contributed by atoms with E-state index in [1.165, 1.54) is 29.2 Å². The molecule has 0 aliphatic carbocycles. The van der Waals surface area contributed by atoms with Crippen LogP contribution < -0.4 is 14.8 Å². The number of anilines is 1. The smallest absolute Gasteiger partial charge is 0.255 e. The van der Waals surface area contributed by atoms with Crippen molar-refractivity contribution in [1.82, 2.24) is 20.2 Å². The van der Waals surface area contributed by atoms with Crippen LogP contribution in [0.4, 0.5) is 10.1 Å². The highest BCUT2D eigenvalue weighted by Gasteiger charge is 2.14. The Morgan fingerprint density at radius 2 is 1.89 bits per heavy atom. The van der Waals surface area contributed by atoms with Crippen LogP contribution in [0.15, 0.2) is 42.7 Å². The van der Waals surface area contributed by atoms with Crippen LogP contribution in [0.2, 0.25) is 0 Å². The maximum atomic E-state index is 14.1. The van der Waals surface area contributed by atoms with Gasteiger partial charge in [-0.05, 0) is 60.7 Å². The molecule has 3 aromatic rings. The number of amides is 1. The van der Waals surface area contributed by atoms with Gasteiger partial charge >= 0.3 is 0 Å². The number of carbonyl (C=O) groups excluding carboxylic acids is 1. The molecule has 0 unspecified atom stereocenters. The first kappa shape index (κ1) is 18.3. The van der Waals surface area contributed by atoms with Crippen LogP contribution in [0.3, 0.4) is 0 Å². The van der Waals surface area contributed by atoms with Crippen molar-refractivity contribution >= 4 is 11.6 Å². The van der Waals surface area contributed by atoms with Crippen LogP contribution in [0, 0.1) is 5.82 Å². The Morgan fingerprint density at radius 1 is 1.11 bits per heavy atom. The van der Waals surface area contributed by atoms with Crippen LogP contribution in [-0.4, -0.2) is 39.3 Å². The van der Waals surface area contributed by atoms with E-state index in [0.717, 1.165) is 0 Å². The summed E-state index contributed by atoms with van der Waals surface area (Å²) in [6, 6.07) is 8.99. The van der Waals surface area contributed by atoms with E-state index in [9.17, 15) is 9.18 Å². The molecule has 0 saturated heterocycles. The molecule has 3 rings (SSSR count). The molecule has 2 aromatic carbocycles. The summed E-state index contributed by atoms with van der Waals surface area (Å²) in [5.41, 5.74) is 0.840. The van der Waals surface area contributed by atoms with Gasteiger partial charge in [0.1, 0.15) is 12.1 Å². The summed E-state index contributed by atoms with van der Waals surface area (Å²) in [4.78, 5) is 12.6. The van der Waals surface area contributed by atoms with Crippen molar-refractivity contribution in [3.8, 4) is 17.2 Å². The topological polar surface area (TPSA) is 91.2 Å². The Labute approximate surface area is 154 Å². The van der Waals surface area contributed by atoms with Gasteiger partial charge in [-0.15, -0.1) is 5.10 Å². The Bertz CT molecular complexity index is 931. The quantitative estimate of drug-likeness (QED) is 0.687. The predicted molar refractivity (Wildman–Crippen MR) is 95.8 cm³/mol. The Hall–Kier alpha value is -3.49. The van der Waals surface area contributed by atoms with Crippen LogP contribution >= 0.6 is 0 Å². The van der Waals surface area contributed by atoms with Crippen molar-refractivity contribution in [2.75, 3.05) is 18.5 Å². The molecule has 0 saturated carbocycles. The molecule has 140 valence electrons. The van der Waals surface area contributed by atoms with E-state index in [2.05, 4.69) is 20.8 Å². The monoisotopic (exact) mass is 371 g/mol. The van der Waals surface area contributed by atoms with Gasteiger partial charge in [0.05, 0.1) is 24.6 Å². The van der Waals surface area contributed by atoms with Gasteiger partial charge in [0.2, 0.25) is 0 Å². The molecule has 0 radical (unpaired) electrons. The van der Waals surface area contributed by atoms with Gasteiger partial charge in [-0.25, -0.2) is 9.07 Å². The highest BCUT2D eigenvalue weighted by molar-refractivity contribution is 6.04. The second-order valence-electron chi connectivity index (χ2n) is 5.40. The lowest BCUT2D eigenvalue weighted by atomic mass is 10.1. The molecule has 1 heterocycles. The summed E-state index contributed by atoms with van der Waals surface area (Å²) in [5, 5.41) is 13.4. The number of rotatable bonds is 7. The number of nitrogens with zero attached hydrogens (tertiary/aromatic N) is 4. The molecule has 1 amide bonds. The minimum atomic E-state index is -0.573. The molecule has 8 nitrogen and oxygen atoms in total. The van der Waals surface area contributed by atoms with Gasteiger partial charge in [-0.1, -0.05) is 0 Å². The number of carbonyl (C=O) groups is 1. The second kappa shape index (κ2) is 8.26. The highest BCUT2D eigenvalue weighted by Crippen LogP contribution is 2.29. The van der Waals surface area contributed by atoms with E-state index < -0.39 is 11.7 Å². The molecule has 0 bridgehead atoms. The molecule has 1 N–H and O–H groups in total. The van der Waals surface area contributed by atoms with Gasteiger partial charge in [0.25, 0.3) is 5.91 Å². The number of hydrogen-bond donors (Lipinski definition) is 1. The summed E-state index contributed by atoms with van der Waals surface area (Å²) in [6.45, 7) is 4.59. The molecule has 27 heavy (non-hydrogen) atoms. The lowest BCUT2D eigenvalue weighted by Crippen LogP contribution is -2.14. The van der Waals surface area contributed by atoms with Crippen LogP contribution in [-0.2, 0) is 0 Å². The summed E-state index contributed by atoms with van der Waals surface area (Å²) in [7, 11) is 0. The Kier molecular flexibility index (Phi) is 5.60. The minimum absolute atomic E-state index is 0.0137.